The van der Waals surface area contributed by atoms with E-state index in [-0.39, 0.29) is 76.6 Å². The van der Waals surface area contributed by atoms with Crippen molar-refractivity contribution >= 4 is 124 Å². The summed E-state index contributed by atoms with van der Waals surface area (Å²) in [6, 6.07) is 29.8. The van der Waals surface area contributed by atoms with Crippen LogP contribution in [0.3, 0.4) is 0 Å². The fraction of sp³-hybridized carbons (Fsp3) is 0.531. The number of piperidine rings is 6. The number of nitrogens with one attached hydrogen (secondary N) is 13. The summed E-state index contributed by atoms with van der Waals surface area (Å²) in [6.07, 6.45) is 12.7. The number of fused-ring (bicyclic) bond motifs is 5. The van der Waals surface area contributed by atoms with Crippen LogP contribution in [-0.2, 0) is 14.8 Å². The summed E-state index contributed by atoms with van der Waals surface area (Å²) in [5.74, 6) is 7.61. The molecule has 1 amide bonds. The van der Waals surface area contributed by atoms with Gasteiger partial charge < -0.3 is 99.3 Å². The maximum atomic E-state index is 13.3. The number of nitrogens with zero attached hydrogens (tertiary/aromatic N) is 15. The van der Waals surface area contributed by atoms with E-state index in [1.165, 1.54) is 44.3 Å². The van der Waals surface area contributed by atoms with Crippen LogP contribution >= 0.6 is 11.3 Å². The van der Waals surface area contributed by atoms with Crippen LogP contribution in [0.25, 0.3) is 32.7 Å². The van der Waals surface area contributed by atoms with Crippen molar-refractivity contribution in [1.82, 2.24) is 94.2 Å². The Balaban J connectivity index is 0.000000130. The van der Waals surface area contributed by atoms with Gasteiger partial charge in [-0.25, -0.2) is 32.7 Å². The van der Waals surface area contributed by atoms with Crippen molar-refractivity contribution in [1.29, 1.82) is 0 Å². The molecule has 7 aliphatic heterocycles. The first kappa shape index (κ1) is 96.5. The first-order valence-corrected chi connectivity index (χ1v) is 50.3. The molecule has 16 heterocycles. The van der Waals surface area contributed by atoms with E-state index in [1.807, 2.05) is 62.6 Å². The number of β-amino-alcohol motifs (C(OH)–C–C–N with tert-alkyl or cyclic N) is 4. The highest BCUT2D eigenvalue weighted by Crippen LogP contribution is 2.37. The molecule has 9 aromatic heterocycles. The fourth-order valence-electron chi connectivity index (χ4n) is 18.5. The molecular weight excluding hydrogens is 1740 g/mol. The molecule has 0 aliphatic carbocycles. The molecular formula is C96H135FN28O7S2. The molecule has 17 N–H and O–H groups in total. The monoisotopic (exact) mass is 1880 g/mol. The van der Waals surface area contributed by atoms with E-state index in [0.717, 1.165) is 189 Å². The van der Waals surface area contributed by atoms with Gasteiger partial charge in [0.2, 0.25) is 15.9 Å². The lowest BCUT2D eigenvalue weighted by atomic mass is 9.95. The average molecular weight is 1880 g/mol. The summed E-state index contributed by atoms with van der Waals surface area (Å²) in [5, 5.41) is 107. The van der Waals surface area contributed by atoms with Crippen LogP contribution in [0.2, 0.25) is 0 Å². The Bertz CT molecular complexity index is 5990. The number of halogens is 1. The third kappa shape index (κ3) is 23.5. The van der Waals surface area contributed by atoms with E-state index in [0.29, 0.717) is 108 Å². The van der Waals surface area contributed by atoms with Gasteiger partial charge in [0.15, 0.2) is 22.6 Å². The molecule has 19 rings (SSSR count). The molecule has 8 atom stereocenters. The highest BCUT2D eigenvalue weighted by molar-refractivity contribution is 7.89. The van der Waals surface area contributed by atoms with Gasteiger partial charge in [-0.05, 0) is 176 Å². The zero-order valence-corrected chi connectivity index (χ0v) is 80.1. The number of aromatic nitrogens is 12. The summed E-state index contributed by atoms with van der Waals surface area (Å²) in [6.45, 7) is 32.7. The molecule has 0 saturated carbocycles. The second-order valence-electron chi connectivity index (χ2n) is 37.9. The maximum Gasteiger partial charge on any atom is 0.243 e. The molecule has 0 radical (unpaired) electrons. The van der Waals surface area contributed by atoms with Gasteiger partial charge in [-0.15, -0.1) is 11.3 Å². The smallest absolute Gasteiger partial charge is 0.243 e. The van der Waals surface area contributed by atoms with Gasteiger partial charge in [-0.1, -0.05) is 73.6 Å². The van der Waals surface area contributed by atoms with Crippen molar-refractivity contribution < 1.29 is 38.0 Å². The zero-order valence-electron chi connectivity index (χ0n) is 78.4. The van der Waals surface area contributed by atoms with Crippen LogP contribution < -0.4 is 74.0 Å². The number of sulfonamides is 1. The number of hydrogen-bond donors (Lipinski definition) is 17. The van der Waals surface area contributed by atoms with E-state index in [2.05, 4.69) is 216 Å². The van der Waals surface area contributed by atoms with Crippen LogP contribution in [0.15, 0.2) is 132 Å². The largest absolute Gasteiger partial charge is 0.391 e. The van der Waals surface area contributed by atoms with Crippen molar-refractivity contribution in [3.63, 3.8) is 0 Å². The zero-order chi connectivity index (χ0) is 93.7. The first-order chi connectivity index (χ1) is 64.8. The summed E-state index contributed by atoms with van der Waals surface area (Å²) >= 11 is 1.73. The molecule has 134 heavy (non-hydrogen) atoms. The number of amides is 1. The normalized spacial score (nSPS) is 21.4. The maximum absolute atomic E-state index is 13.3. The summed E-state index contributed by atoms with van der Waals surface area (Å²) < 4.78 is 49.3. The van der Waals surface area contributed by atoms with Crippen molar-refractivity contribution in [3.05, 3.63) is 155 Å². The minimum atomic E-state index is -3.67. The van der Waals surface area contributed by atoms with E-state index in [1.54, 1.807) is 15.9 Å². The van der Waals surface area contributed by atoms with Crippen LogP contribution in [0.4, 0.5) is 68.0 Å². The molecule has 12 aromatic rings. The number of aliphatic hydroxyl groups is 4. The molecule has 3 aromatic carbocycles. The predicted molar refractivity (Wildman–Crippen MR) is 531 cm³/mol. The summed E-state index contributed by atoms with van der Waals surface area (Å²) in [7, 11) is -1.49. The molecule has 7 saturated heterocycles. The van der Waals surface area contributed by atoms with Crippen LogP contribution in [0.1, 0.15) is 153 Å². The molecule has 7 fully saturated rings. The molecule has 38 heteroatoms. The van der Waals surface area contributed by atoms with E-state index in [9.17, 15) is 38.0 Å². The van der Waals surface area contributed by atoms with Gasteiger partial charge in [0.25, 0.3) is 0 Å². The van der Waals surface area contributed by atoms with Gasteiger partial charge in [-0.2, -0.15) is 42.8 Å². The highest BCUT2D eigenvalue weighted by atomic mass is 32.2. The number of anilines is 11. The number of carbonyl (C=O) groups is 1. The minimum Gasteiger partial charge on any atom is -0.391 e. The molecule has 35 nitrogen and oxygen atoms in total. The lowest BCUT2D eigenvalue weighted by Gasteiger charge is -2.34. The van der Waals surface area contributed by atoms with Gasteiger partial charge in [0, 0.05) is 201 Å². The number of benzene rings is 3. The number of carbonyl (C=O) groups excluding carboxylic acids is 1. The second-order valence-corrected chi connectivity index (χ2v) is 40.7. The predicted octanol–water partition coefficient (Wildman–Crippen LogP) is 10.7. The Kier molecular flexibility index (Phi) is 32.0. The molecule has 0 spiro atoms. The Morgan fingerprint density at radius 3 is 1.30 bits per heavy atom. The Morgan fingerprint density at radius 2 is 0.866 bits per heavy atom. The molecule has 7 aliphatic rings. The second kappa shape index (κ2) is 44.5. The number of thiophene rings is 1. The average Bonchev–Trinajstić information content (AvgIpc) is 1.70. The minimum absolute atomic E-state index is 0.0101. The standard InChI is InChI=1S/C26H36FN7O3S.C26H38N8O.C23H28N6OS.C21H33N7O2/c1-17(2)22-15-30-34-25(13-24(32-26(22)34)29-14-18-7-10-28-16-23(18)35)31-20-8-11-33(12-9-20)38(36,37)21-5-3-19(27)4-6-21;1-18(2)22-16-29-34-25(14-24(31-26(22)34)28-15-19-8-9-27-17-23(19)35)30-20-4-6-21(7-5-20)33-12-10-32(3)11-13-33;1-14(2)17-11-26-29-22(27-18-13-31-20-6-4-3-5-16(18)20)9-21(28-23(17)29)25-10-15-7-8-24-12-19(15)30;1-13(2)16-11-25-28-19(27-21(30)14-3-6-22-7-4-14)9-18(26-20(16)28)24-10-15-5-8-23-12-17(15)29/h3-6,13,15,17-18,20,23,28,31,35H,7-12,14,16H2,1-2H3,(H,29,32);4-7,14,16,18-19,23,27,30,35H,8-13,15,17H2,1-3H3,(H,28,31);3-6,9,11,13-15,19,24,27,30H,7-8,10,12H2,1-2H3,(H,25,28);9,11,13-15,17,22-23,29H,3-8,10,12H2,1-2H3,(H,24,26)(H,27,30)/t18-,23+;19-,23+;15-,19+;15-,17+/m1111/s1. The number of likely N-dealkylation sites (N-methyl/N-ethyl adjacent to an activating group) is 1. The van der Waals surface area contributed by atoms with E-state index < -0.39 is 21.9 Å². The van der Waals surface area contributed by atoms with Gasteiger partial charge in [0.1, 0.15) is 52.4 Å². The van der Waals surface area contributed by atoms with Crippen molar-refractivity contribution in [2.45, 2.75) is 166 Å². The number of aliphatic hydroxyl groups excluding tert-OH is 4. The fourth-order valence-corrected chi connectivity index (χ4v) is 20.8. The Labute approximate surface area is 787 Å². The Morgan fingerprint density at radius 1 is 0.470 bits per heavy atom. The lowest BCUT2D eigenvalue weighted by Crippen LogP contribution is -2.44. The Hall–Kier alpha value is -10.6. The quantitative estimate of drug-likeness (QED) is 0.0227. The van der Waals surface area contributed by atoms with Crippen molar-refractivity contribution in [2.75, 3.05) is 185 Å². The summed E-state index contributed by atoms with van der Waals surface area (Å²) in [5.41, 5.74) is 10.9. The van der Waals surface area contributed by atoms with E-state index >= 15 is 0 Å². The topological polar surface area (TPSA) is 419 Å². The van der Waals surface area contributed by atoms with Crippen LogP contribution in [-0.4, -0.2) is 271 Å². The van der Waals surface area contributed by atoms with Crippen molar-refractivity contribution in [3.8, 4) is 0 Å². The first-order valence-electron chi connectivity index (χ1n) is 48.0. The highest BCUT2D eigenvalue weighted by Gasteiger charge is 2.34. The molecule has 720 valence electrons. The summed E-state index contributed by atoms with van der Waals surface area (Å²) in [4.78, 5) is 37.1. The third-order valence-corrected chi connectivity index (χ3v) is 29.9. The van der Waals surface area contributed by atoms with Crippen LogP contribution in [0, 0.1) is 35.4 Å². The third-order valence-electron chi connectivity index (χ3n) is 27.0. The SMILES string of the molecule is CC(C)c1cnn2c(NC(=O)C3CCNCC3)cc(NC[C@H]3CCNC[C@@H]3O)nc12.CC(C)c1cnn2c(NC3CCN(S(=O)(=O)c4ccc(F)cc4)CC3)cc(NC[C@H]3CCNC[C@@H]3O)nc12.CC(C)c1cnn2c(Nc3ccc(N4CCN(C)CC4)cc3)cc(NC[C@H]3CCNC[C@@H]3O)nc12.CC(C)c1cnn2c(Nc3csc4ccccc34)cc(NC[C@H]3CCNC[C@@H]3O)nc12. The number of piperazine rings is 1. The molecule has 0 bridgehead atoms. The van der Waals surface area contributed by atoms with Crippen molar-refractivity contribution in [2.24, 2.45) is 29.6 Å². The van der Waals surface area contributed by atoms with Gasteiger partial charge in [-0.3, -0.25) is 4.79 Å². The van der Waals surface area contributed by atoms with Crippen LogP contribution in [0.5, 0.6) is 0 Å². The number of rotatable bonds is 27. The lowest BCUT2D eigenvalue weighted by molar-refractivity contribution is -0.120. The van der Waals surface area contributed by atoms with Gasteiger partial charge >= 0.3 is 0 Å². The number of hydrogen-bond acceptors (Lipinski definition) is 30. The molecule has 0 unspecified atom stereocenters. The van der Waals surface area contributed by atoms with E-state index in [4.69, 9.17) is 19.9 Å². The van der Waals surface area contributed by atoms with Gasteiger partial charge in [0.05, 0.1) is 59.8 Å².